The van der Waals surface area contributed by atoms with Gasteiger partial charge in [-0.1, -0.05) is 25.1 Å². The molecule has 1 N–H and O–H groups in total. The van der Waals surface area contributed by atoms with Crippen molar-refractivity contribution in [2.45, 2.75) is 33.1 Å². The number of fused-ring (bicyclic) bond motifs is 1. The minimum absolute atomic E-state index is 0.849. The molecule has 1 aromatic carbocycles. The average molecular weight is 282 g/mol. The fourth-order valence-electron chi connectivity index (χ4n) is 2.82. The van der Waals surface area contributed by atoms with Crippen LogP contribution in [0.4, 0.5) is 17.3 Å². The molecule has 0 radical (unpaired) electrons. The zero-order valence-electron chi connectivity index (χ0n) is 12.8. The van der Waals surface area contributed by atoms with E-state index in [9.17, 15) is 0 Å². The van der Waals surface area contributed by atoms with Gasteiger partial charge in [0.15, 0.2) is 0 Å². The van der Waals surface area contributed by atoms with Crippen molar-refractivity contribution >= 4 is 17.3 Å². The Labute approximate surface area is 126 Å². The van der Waals surface area contributed by atoms with Crippen LogP contribution in [0.5, 0.6) is 0 Å². The lowest BCUT2D eigenvalue weighted by Crippen LogP contribution is -2.26. The van der Waals surface area contributed by atoms with Crippen LogP contribution in [0.15, 0.2) is 30.3 Å². The molecule has 0 spiro atoms. The number of para-hydroxylation sites is 1. The summed E-state index contributed by atoms with van der Waals surface area (Å²) in [6.45, 7) is 6.07. The predicted octanol–water partition coefficient (Wildman–Crippen LogP) is 3.56. The second-order valence-corrected chi connectivity index (χ2v) is 5.30. The van der Waals surface area contributed by atoms with Crippen LogP contribution in [0.1, 0.15) is 31.7 Å². The number of anilines is 3. The average Bonchev–Trinajstić information content (AvgIpc) is 2.54. The van der Waals surface area contributed by atoms with E-state index in [-0.39, 0.29) is 0 Å². The second kappa shape index (κ2) is 6.12. The molecule has 2 heterocycles. The van der Waals surface area contributed by atoms with E-state index in [4.69, 9.17) is 4.98 Å². The van der Waals surface area contributed by atoms with Crippen LogP contribution in [-0.4, -0.2) is 23.1 Å². The summed E-state index contributed by atoms with van der Waals surface area (Å²) >= 11 is 0. The van der Waals surface area contributed by atoms with Gasteiger partial charge in [-0.2, -0.15) is 0 Å². The molecule has 21 heavy (non-hydrogen) atoms. The van der Waals surface area contributed by atoms with E-state index in [2.05, 4.69) is 59.4 Å². The third-order valence-corrected chi connectivity index (χ3v) is 3.82. The predicted molar refractivity (Wildman–Crippen MR) is 87.3 cm³/mol. The zero-order chi connectivity index (χ0) is 14.7. The molecule has 0 fully saturated rings. The minimum Gasteiger partial charge on any atom is -0.370 e. The molecule has 4 nitrogen and oxygen atoms in total. The van der Waals surface area contributed by atoms with Gasteiger partial charge in [0, 0.05) is 31.3 Å². The van der Waals surface area contributed by atoms with Crippen LogP contribution < -0.4 is 10.2 Å². The Morgan fingerprint density at radius 2 is 2.05 bits per heavy atom. The Kier molecular flexibility index (Phi) is 4.04. The first-order valence-corrected chi connectivity index (χ1v) is 7.79. The summed E-state index contributed by atoms with van der Waals surface area (Å²) in [5.74, 6) is 2.82. The summed E-state index contributed by atoms with van der Waals surface area (Å²) in [5.41, 5.74) is 2.69. The van der Waals surface area contributed by atoms with Crippen molar-refractivity contribution in [2.75, 3.05) is 23.3 Å². The van der Waals surface area contributed by atoms with Gasteiger partial charge in [0.25, 0.3) is 0 Å². The maximum Gasteiger partial charge on any atom is 0.138 e. The molecule has 0 aliphatic carbocycles. The summed E-state index contributed by atoms with van der Waals surface area (Å²) in [6, 6.07) is 10.7. The zero-order valence-corrected chi connectivity index (χ0v) is 12.8. The Bertz CT molecular complexity index is 624. The largest absolute Gasteiger partial charge is 0.370 e. The number of hydrogen-bond donors (Lipinski definition) is 1. The van der Waals surface area contributed by atoms with E-state index in [1.807, 2.05) is 0 Å². The van der Waals surface area contributed by atoms with Gasteiger partial charge in [-0.05, 0) is 31.4 Å². The monoisotopic (exact) mass is 282 g/mol. The van der Waals surface area contributed by atoms with E-state index in [1.54, 1.807) is 0 Å². The molecule has 0 bridgehead atoms. The maximum atomic E-state index is 4.73. The van der Waals surface area contributed by atoms with E-state index in [0.29, 0.717) is 0 Å². The molecule has 110 valence electrons. The van der Waals surface area contributed by atoms with E-state index >= 15 is 0 Å². The molecule has 0 unspecified atom stereocenters. The van der Waals surface area contributed by atoms with Crippen molar-refractivity contribution in [2.24, 2.45) is 0 Å². The normalized spacial score (nSPS) is 13.9. The number of nitrogens with one attached hydrogen (secondary N) is 1. The van der Waals surface area contributed by atoms with E-state index in [1.165, 1.54) is 17.7 Å². The first-order valence-electron chi connectivity index (χ1n) is 7.79. The molecule has 4 heteroatoms. The Morgan fingerprint density at radius 1 is 1.19 bits per heavy atom. The number of hydrogen-bond acceptors (Lipinski definition) is 4. The number of benzene rings is 1. The van der Waals surface area contributed by atoms with Crippen LogP contribution >= 0.6 is 0 Å². The van der Waals surface area contributed by atoms with Gasteiger partial charge in [0.2, 0.25) is 0 Å². The van der Waals surface area contributed by atoms with Gasteiger partial charge >= 0.3 is 0 Å². The molecule has 1 aliphatic heterocycles. The molecule has 3 rings (SSSR count). The van der Waals surface area contributed by atoms with Crippen LogP contribution in [0.2, 0.25) is 0 Å². The molecule has 0 atom stereocenters. The van der Waals surface area contributed by atoms with Crippen LogP contribution in [0.3, 0.4) is 0 Å². The number of rotatable bonds is 4. The molecule has 0 saturated heterocycles. The molecular formula is C17H22N4. The van der Waals surface area contributed by atoms with Crippen LogP contribution in [-0.2, 0) is 12.8 Å². The van der Waals surface area contributed by atoms with Gasteiger partial charge in [-0.15, -0.1) is 0 Å². The third-order valence-electron chi connectivity index (χ3n) is 3.82. The molecule has 1 aromatic heterocycles. The summed E-state index contributed by atoms with van der Waals surface area (Å²) < 4.78 is 0. The van der Waals surface area contributed by atoms with Crippen LogP contribution in [0.25, 0.3) is 0 Å². The first kappa shape index (κ1) is 13.9. The lowest BCUT2D eigenvalue weighted by molar-refractivity contribution is 0.754. The Hall–Kier alpha value is -2.10. The summed E-state index contributed by atoms with van der Waals surface area (Å²) in [6.07, 6.45) is 3.17. The quantitative estimate of drug-likeness (QED) is 0.931. The molecular weight excluding hydrogens is 260 g/mol. The van der Waals surface area contributed by atoms with E-state index < -0.39 is 0 Å². The highest BCUT2D eigenvalue weighted by Crippen LogP contribution is 2.32. The summed E-state index contributed by atoms with van der Waals surface area (Å²) in [5, 5.41) is 3.31. The van der Waals surface area contributed by atoms with Gasteiger partial charge in [-0.25, -0.2) is 9.97 Å². The van der Waals surface area contributed by atoms with Crippen molar-refractivity contribution in [1.29, 1.82) is 0 Å². The SMILES string of the molecule is CCNc1cc(N2CCCc3ccccc32)nc(CC)n1. The van der Waals surface area contributed by atoms with Crippen LogP contribution in [0, 0.1) is 0 Å². The third kappa shape index (κ3) is 2.84. The summed E-state index contributed by atoms with van der Waals surface area (Å²) in [4.78, 5) is 11.6. The van der Waals surface area contributed by atoms with Crippen molar-refractivity contribution in [1.82, 2.24) is 9.97 Å². The Morgan fingerprint density at radius 3 is 2.86 bits per heavy atom. The summed E-state index contributed by atoms with van der Waals surface area (Å²) in [7, 11) is 0. The molecule has 1 aliphatic rings. The first-order chi connectivity index (χ1) is 10.3. The highest BCUT2D eigenvalue weighted by atomic mass is 15.2. The fourth-order valence-corrected chi connectivity index (χ4v) is 2.82. The second-order valence-electron chi connectivity index (χ2n) is 5.30. The van der Waals surface area contributed by atoms with Crippen molar-refractivity contribution in [3.05, 3.63) is 41.7 Å². The lowest BCUT2D eigenvalue weighted by Gasteiger charge is -2.30. The number of aryl methyl sites for hydroxylation is 2. The number of nitrogens with zero attached hydrogens (tertiary/aromatic N) is 3. The minimum atomic E-state index is 0.849. The van der Waals surface area contributed by atoms with Crippen molar-refractivity contribution in [3.63, 3.8) is 0 Å². The standard InChI is InChI=1S/C17H22N4/c1-3-15-19-16(18-4-2)12-17(20-15)21-11-7-9-13-8-5-6-10-14(13)21/h5-6,8,10,12H,3-4,7,9,11H2,1-2H3,(H,18,19,20). The number of aromatic nitrogens is 2. The van der Waals surface area contributed by atoms with Crippen molar-refractivity contribution < 1.29 is 0 Å². The highest BCUT2D eigenvalue weighted by molar-refractivity contribution is 5.67. The maximum absolute atomic E-state index is 4.73. The van der Waals surface area contributed by atoms with Crippen molar-refractivity contribution in [3.8, 4) is 0 Å². The topological polar surface area (TPSA) is 41.0 Å². The highest BCUT2D eigenvalue weighted by Gasteiger charge is 2.19. The van der Waals surface area contributed by atoms with Gasteiger partial charge in [-0.3, -0.25) is 0 Å². The fraction of sp³-hybridized carbons (Fsp3) is 0.412. The van der Waals surface area contributed by atoms with Gasteiger partial charge < -0.3 is 10.2 Å². The molecule has 0 amide bonds. The smallest absolute Gasteiger partial charge is 0.138 e. The lowest BCUT2D eigenvalue weighted by atomic mass is 10.0. The molecule has 2 aromatic rings. The van der Waals surface area contributed by atoms with Gasteiger partial charge in [0.05, 0.1) is 0 Å². The van der Waals surface area contributed by atoms with Gasteiger partial charge in [0.1, 0.15) is 17.5 Å². The van der Waals surface area contributed by atoms with E-state index in [0.717, 1.165) is 43.4 Å². The molecule has 0 saturated carbocycles. The Balaban J connectivity index is 2.02.